The molecule has 1 unspecified atom stereocenters. The third-order valence-electron chi connectivity index (χ3n) is 5.33. The molecular weight excluding hydrogens is 477 g/mol. The van der Waals surface area contributed by atoms with Crippen molar-refractivity contribution in [1.82, 2.24) is 10.2 Å². The largest absolute Gasteiger partial charge is 0.493 e. The van der Waals surface area contributed by atoms with Crippen LogP contribution in [0, 0.1) is 5.82 Å². The fraction of sp³-hybridized carbons (Fsp3) is 0.250. The average molecular weight is 500 g/mol. The standard InChI is InChI=1S/C24H22FN3O6S/c1-32-18-7-6-14(10-19(18)33-2)11-21-23(30)28(24(31)35-21)9-8-26-22(29)20-13-17(27-34-20)15-4-3-5-16(25)12-15/h3-7,10-12,20H,8-9,13H2,1-2H3,(H,26,29)/b21-11-. The molecule has 4 rings (SSSR count). The molecule has 3 amide bonds. The monoisotopic (exact) mass is 499 g/mol. The summed E-state index contributed by atoms with van der Waals surface area (Å²) < 4.78 is 23.9. The molecule has 0 aromatic heterocycles. The quantitative estimate of drug-likeness (QED) is 0.556. The molecule has 1 atom stereocenters. The van der Waals surface area contributed by atoms with Gasteiger partial charge in [0.15, 0.2) is 11.5 Å². The fourth-order valence-electron chi connectivity index (χ4n) is 3.55. The summed E-state index contributed by atoms with van der Waals surface area (Å²) in [6.07, 6.45) is 0.918. The predicted octanol–water partition coefficient (Wildman–Crippen LogP) is 3.19. The van der Waals surface area contributed by atoms with Gasteiger partial charge in [-0.25, -0.2) is 4.39 Å². The first-order valence-corrected chi connectivity index (χ1v) is 11.4. The zero-order valence-electron chi connectivity index (χ0n) is 18.9. The van der Waals surface area contributed by atoms with E-state index in [1.807, 2.05) is 0 Å². The second-order valence-corrected chi connectivity index (χ2v) is 8.58. The third-order valence-corrected chi connectivity index (χ3v) is 6.24. The summed E-state index contributed by atoms with van der Waals surface area (Å²) in [4.78, 5) is 44.0. The van der Waals surface area contributed by atoms with E-state index in [0.29, 0.717) is 28.3 Å². The summed E-state index contributed by atoms with van der Waals surface area (Å²) in [7, 11) is 3.03. The molecule has 0 spiro atoms. The molecule has 1 fully saturated rings. The first kappa shape index (κ1) is 24.3. The number of halogens is 1. The van der Waals surface area contributed by atoms with E-state index in [1.165, 1.54) is 26.4 Å². The van der Waals surface area contributed by atoms with E-state index in [4.69, 9.17) is 14.3 Å². The Morgan fingerprint density at radius 3 is 2.77 bits per heavy atom. The number of amides is 3. The summed E-state index contributed by atoms with van der Waals surface area (Å²) in [6, 6.07) is 11.0. The summed E-state index contributed by atoms with van der Waals surface area (Å²) in [6.45, 7) is 0.0552. The van der Waals surface area contributed by atoms with Crippen molar-refractivity contribution in [3.8, 4) is 11.5 Å². The van der Waals surface area contributed by atoms with Crippen molar-refractivity contribution < 1.29 is 33.1 Å². The lowest BCUT2D eigenvalue weighted by atomic mass is 10.0. The Labute approximate surface area is 204 Å². The highest BCUT2D eigenvalue weighted by Gasteiger charge is 2.35. The van der Waals surface area contributed by atoms with Crippen molar-refractivity contribution in [2.45, 2.75) is 12.5 Å². The molecule has 9 nitrogen and oxygen atoms in total. The molecule has 2 aromatic carbocycles. The van der Waals surface area contributed by atoms with Gasteiger partial charge in [0.05, 0.1) is 24.8 Å². The van der Waals surface area contributed by atoms with Crippen LogP contribution in [0.3, 0.4) is 0 Å². The number of ether oxygens (including phenoxy) is 2. The highest BCUT2D eigenvalue weighted by molar-refractivity contribution is 8.18. The van der Waals surface area contributed by atoms with Gasteiger partial charge in [-0.3, -0.25) is 19.3 Å². The van der Waals surface area contributed by atoms with E-state index in [1.54, 1.807) is 36.4 Å². The summed E-state index contributed by atoms with van der Waals surface area (Å²) in [5, 5.41) is 6.10. The molecule has 1 saturated heterocycles. The lowest BCUT2D eigenvalue weighted by molar-refractivity contribution is -0.131. The van der Waals surface area contributed by atoms with Crippen LogP contribution in [0.2, 0.25) is 0 Å². The van der Waals surface area contributed by atoms with E-state index in [2.05, 4.69) is 10.5 Å². The molecule has 1 N–H and O–H groups in total. The van der Waals surface area contributed by atoms with Crippen LogP contribution in [0.5, 0.6) is 11.5 Å². The Hall–Kier alpha value is -3.86. The van der Waals surface area contributed by atoms with Crippen molar-refractivity contribution in [2.75, 3.05) is 27.3 Å². The number of nitrogens with one attached hydrogen (secondary N) is 1. The zero-order chi connectivity index (χ0) is 24.9. The number of rotatable bonds is 8. The number of carbonyl (C=O) groups excluding carboxylic acids is 3. The molecule has 11 heteroatoms. The normalized spacial score (nSPS) is 18.5. The molecule has 0 aliphatic carbocycles. The SMILES string of the molecule is COc1ccc(/C=C2\SC(=O)N(CCNC(=O)C3CC(c4cccc(F)c4)=NO3)C2=O)cc1OC. The minimum absolute atomic E-state index is 0.00398. The number of nitrogens with zero attached hydrogens (tertiary/aromatic N) is 2. The van der Waals surface area contributed by atoms with Gasteiger partial charge in [0, 0.05) is 25.1 Å². The van der Waals surface area contributed by atoms with Crippen molar-refractivity contribution in [2.24, 2.45) is 5.16 Å². The number of benzene rings is 2. The maximum atomic E-state index is 13.4. The first-order valence-electron chi connectivity index (χ1n) is 10.6. The van der Waals surface area contributed by atoms with Gasteiger partial charge in [0.25, 0.3) is 17.1 Å². The zero-order valence-corrected chi connectivity index (χ0v) is 19.8. The molecular formula is C24H22FN3O6S. The number of thioether (sulfide) groups is 1. The van der Waals surface area contributed by atoms with Crippen LogP contribution < -0.4 is 14.8 Å². The molecule has 0 bridgehead atoms. The lowest BCUT2D eigenvalue weighted by Crippen LogP contribution is -2.41. The van der Waals surface area contributed by atoms with Gasteiger partial charge in [0.2, 0.25) is 6.10 Å². The summed E-state index contributed by atoms with van der Waals surface area (Å²) in [5.41, 5.74) is 1.68. The fourth-order valence-corrected chi connectivity index (χ4v) is 4.41. The van der Waals surface area contributed by atoms with Crippen molar-refractivity contribution >= 4 is 40.6 Å². The second-order valence-electron chi connectivity index (χ2n) is 7.59. The maximum absolute atomic E-state index is 13.4. The van der Waals surface area contributed by atoms with E-state index < -0.39 is 29.0 Å². The summed E-state index contributed by atoms with van der Waals surface area (Å²) >= 11 is 0.823. The van der Waals surface area contributed by atoms with Crippen LogP contribution in [0.15, 0.2) is 52.5 Å². The van der Waals surface area contributed by atoms with Crippen LogP contribution in [-0.4, -0.2) is 61.1 Å². The summed E-state index contributed by atoms with van der Waals surface area (Å²) in [5.74, 6) is -0.239. The van der Waals surface area contributed by atoms with Gasteiger partial charge in [0.1, 0.15) is 5.82 Å². The average Bonchev–Trinajstić information content (AvgIpc) is 3.45. The molecule has 2 heterocycles. The molecule has 182 valence electrons. The predicted molar refractivity (Wildman–Crippen MR) is 128 cm³/mol. The molecule has 2 aliphatic heterocycles. The van der Waals surface area contributed by atoms with Crippen LogP contribution in [0.25, 0.3) is 6.08 Å². The maximum Gasteiger partial charge on any atom is 0.293 e. The topological polar surface area (TPSA) is 107 Å². The number of hydrogen-bond acceptors (Lipinski definition) is 8. The van der Waals surface area contributed by atoms with Gasteiger partial charge in [-0.05, 0) is 47.7 Å². The van der Waals surface area contributed by atoms with Crippen molar-refractivity contribution in [1.29, 1.82) is 0 Å². The van der Waals surface area contributed by atoms with E-state index in [0.717, 1.165) is 16.7 Å². The molecule has 35 heavy (non-hydrogen) atoms. The molecule has 2 aromatic rings. The second kappa shape index (κ2) is 10.6. The van der Waals surface area contributed by atoms with E-state index in [9.17, 15) is 18.8 Å². The van der Waals surface area contributed by atoms with Crippen LogP contribution >= 0.6 is 11.8 Å². The van der Waals surface area contributed by atoms with E-state index >= 15 is 0 Å². The minimum Gasteiger partial charge on any atom is -0.493 e. The van der Waals surface area contributed by atoms with Crippen LogP contribution in [0.4, 0.5) is 9.18 Å². The first-order chi connectivity index (χ1) is 16.9. The molecule has 0 saturated carbocycles. The van der Waals surface area contributed by atoms with E-state index in [-0.39, 0.29) is 24.4 Å². The number of oxime groups is 1. The Morgan fingerprint density at radius 1 is 1.23 bits per heavy atom. The highest BCUT2D eigenvalue weighted by Crippen LogP contribution is 2.34. The highest BCUT2D eigenvalue weighted by atomic mass is 32.2. The number of carbonyl (C=O) groups is 3. The number of methoxy groups -OCH3 is 2. The molecule has 0 radical (unpaired) electrons. The Bertz CT molecular complexity index is 1230. The number of imide groups is 1. The minimum atomic E-state index is -0.867. The smallest absolute Gasteiger partial charge is 0.293 e. The van der Waals surface area contributed by atoms with Gasteiger partial charge < -0.3 is 19.6 Å². The Balaban J connectivity index is 1.30. The van der Waals surface area contributed by atoms with Crippen molar-refractivity contribution in [3.05, 3.63) is 64.3 Å². The van der Waals surface area contributed by atoms with Crippen LogP contribution in [0.1, 0.15) is 17.5 Å². The number of hydrogen-bond donors (Lipinski definition) is 1. The Morgan fingerprint density at radius 2 is 2.03 bits per heavy atom. The Kier molecular flexibility index (Phi) is 7.35. The van der Waals surface area contributed by atoms with Crippen LogP contribution in [-0.2, 0) is 14.4 Å². The van der Waals surface area contributed by atoms with Gasteiger partial charge in [-0.15, -0.1) is 0 Å². The van der Waals surface area contributed by atoms with Crippen molar-refractivity contribution in [3.63, 3.8) is 0 Å². The van der Waals surface area contributed by atoms with Gasteiger partial charge in [-0.2, -0.15) is 0 Å². The lowest BCUT2D eigenvalue weighted by Gasteiger charge is -2.14. The van der Waals surface area contributed by atoms with Gasteiger partial charge >= 0.3 is 0 Å². The van der Waals surface area contributed by atoms with Gasteiger partial charge in [-0.1, -0.05) is 23.4 Å². The third kappa shape index (κ3) is 5.46. The molecule has 2 aliphatic rings.